The number of sulfonamides is 1. The highest BCUT2D eigenvalue weighted by Crippen LogP contribution is 2.25. The van der Waals surface area contributed by atoms with Crippen LogP contribution in [-0.2, 0) is 14.8 Å². The van der Waals surface area contributed by atoms with Crippen molar-refractivity contribution < 1.29 is 17.9 Å². The second-order valence-corrected chi connectivity index (χ2v) is 8.24. The minimum absolute atomic E-state index is 0.273. The monoisotopic (exact) mass is 391 g/mol. The second-order valence-electron chi connectivity index (χ2n) is 6.33. The fraction of sp³-hybridized carbons (Fsp3) is 0.316. The van der Waals surface area contributed by atoms with Gasteiger partial charge in [-0.15, -0.1) is 0 Å². The van der Waals surface area contributed by atoms with Crippen LogP contribution < -0.4 is 14.4 Å². The Labute approximate surface area is 160 Å². The average molecular weight is 391 g/mol. The van der Waals surface area contributed by atoms with Crippen LogP contribution >= 0.6 is 0 Å². The summed E-state index contributed by atoms with van der Waals surface area (Å²) in [5.41, 5.74) is 0.403. The highest BCUT2D eigenvalue weighted by molar-refractivity contribution is 7.92. The van der Waals surface area contributed by atoms with Crippen LogP contribution in [0, 0.1) is 0 Å². The molecule has 0 saturated carbocycles. The normalized spacial score (nSPS) is 11.3. The molecule has 0 unspecified atom stereocenters. The van der Waals surface area contributed by atoms with Crippen molar-refractivity contribution in [3.05, 3.63) is 54.6 Å². The third-order valence-corrected chi connectivity index (χ3v) is 4.81. The van der Waals surface area contributed by atoms with Gasteiger partial charge >= 0.3 is 0 Å². The molecule has 0 radical (unpaired) electrons. The Morgan fingerprint density at radius 1 is 1.00 bits per heavy atom. The quantitative estimate of drug-likeness (QED) is 0.707. The highest BCUT2D eigenvalue weighted by atomic mass is 32.2. The number of nitrogens with one attached hydrogen (secondary N) is 1. The third-order valence-electron chi connectivity index (χ3n) is 3.67. The maximum atomic E-state index is 12.1. The molecule has 1 amide bonds. The van der Waals surface area contributed by atoms with Crippen molar-refractivity contribution in [2.45, 2.75) is 0 Å². The number of anilines is 1. The predicted octanol–water partition coefficient (Wildman–Crippen LogP) is 1.92. The summed E-state index contributed by atoms with van der Waals surface area (Å²) < 4.78 is 31.0. The molecule has 0 atom stereocenters. The van der Waals surface area contributed by atoms with Crippen LogP contribution in [0.4, 0.5) is 5.69 Å². The summed E-state index contributed by atoms with van der Waals surface area (Å²) in [6, 6.07) is 15.9. The molecule has 0 fully saturated rings. The average Bonchev–Trinajstić information content (AvgIpc) is 2.60. The van der Waals surface area contributed by atoms with Crippen LogP contribution in [0.15, 0.2) is 54.6 Å². The van der Waals surface area contributed by atoms with Crippen molar-refractivity contribution >= 4 is 21.6 Å². The van der Waals surface area contributed by atoms with Gasteiger partial charge in [0.25, 0.3) is 0 Å². The van der Waals surface area contributed by atoms with Gasteiger partial charge in [0.1, 0.15) is 18.0 Å². The topological polar surface area (TPSA) is 79.0 Å². The summed E-state index contributed by atoms with van der Waals surface area (Å²) in [5.74, 6) is 0.909. The first-order valence-electron chi connectivity index (χ1n) is 8.48. The number of hydrogen-bond donors (Lipinski definition) is 1. The van der Waals surface area contributed by atoms with E-state index in [4.69, 9.17) is 4.74 Å². The van der Waals surface area contributed by atoms with Crippen molar-refractivity contribution in [3.8, 4) is 11.5 Å². The van der Waals surface area contributed by atoms with E-state index in [0.29, 0.717) is 30.3 Å². The van der Waals surface area contributed by atoms with Crippen LogP contribution in [0.25, 0.3) is 0 Å². The Bertz CT molecular complexity index is 837. The number of carbonyl (C=O) groups excluding carboxylic acids is 1. The van der Waals surface area contributed by atoms with Gasteiger partial charge in [-0.25, -0.2) is 8.42 Å². The molecule has 7 nitrogen and oxygen atoms in total. The van der Waals surface area contributed by atoms with Gasteiger partial charge in [-0.1, -0.05) is 18.2 Å². The summed E-state index contributed by atoms with van der Waals surface area (Å²) in [5, 5.41) is 2.72. The summed E-state index contributed by atoms with van der Waals surface area (Å²) in [4.78, 5) is 14.0. The predicted molar refractivity (Wildman–Crippen MR) is 107 cm³/mol. The summed E-state index contributed by atoms with van der Waals surface area (Å²) in [7, 11) is 0.189. The Morgan fingerprint density at radius 2 is 1.59 bits per heavy atom. The molecule has 0 heterocycles. The molecule has 2 rings (SSSR count). The first-order chi connectivity index (χ1) is 12.8. The molecule has 0 spiro atoms. The standard InChI is InChI=1S/C19H25N3O4S/c1-21(2)14-13-20-19(23)15-22(27(3,24)25)16-9-11-18(12-10-16)26-17-7-5-4-6-8-17/h4-12H,13-15H2,1-3H3,(H,20,23). The van der Waals surface area contributed by atoms with E-state index in [1.165, 1.54) is 0 Å². The molecule has 0 aliphatic rings. The summed E-state index contributed by atoms with van der Waals surface area (Å²) in [6.45, 7) is 0.856. The molecule has 0 aliphatic carbocycles. The molecule has 0 aliphatic heterocycles. The van der Waals surface area contributed by atoms with E-state index >= 15 is 0 Å². The molecule has 0 aromatic heterocycles. The minimum Gasteiger partial charge on any atom is -0.457 e. The number of hydrogen-bond acceptors (Lipinski definition) is 5. The number of nitrogens with zero attached hydrogens (tertiary/aromatic N) is 2. The first-order valence-corrected chi connectivity index (χ1v) is 10.3. The molecule has 8 heteroatoms. The van der Waals surface area contributed by atoms with Crippen LogP contribution in [0.5, 0.6) is 11.5 Å². The molecule has 0 saturated heterocycles. The molecular formula is C19H25N3O4S. The zero-order valence-electron chi connectivity index (χ0n) is 15.8. The second kappa shape index (κ2) is 9.38. The summed E-state index contributed by atoms with van der Waals surface area (Å²) in [6.07, 6.45) is 1.08. The Hall–Kier alpha value is -2.58. The third kappa shape index (κ3) is 6.92. The van der Waals surface area contributed by atoms with Crippen molar-refractivity contribution in [2.75, 3.05) is 44.3 Å². The maximum Gasteiger partial charge on any atom is 0.240 e. The van der Waals surface area contributed by atoms with Gasteiger partial charge in [-0.2, -0.15) is 0 Å². The van der Waals surface area contributed by atoms with Gasteiger partial charge < -0.3 is 15.0 Å². The van der Waals surface area contributed by atoms with Crippen molar-refractivity contribution in [1.29, 1.82) is 0 Å². The van der Waals surface area contributed by atoms with E-state index in [1.54, 1.807) is 24.3 Å². The van der Waals surface area contributed by atoms with E-state index in [2.05, 4.69) is 5.32 Å². The van der Waals surface area contributed by atoms with Gasteiger partial charge in [-0.05, 0) is 50.5 Å². The lowest BCUT2D eigenvalue weighted by Gasteiger charge is -2.22. The number of benzene rings is 2. The number of para-hydroxylation sites is 1. The summed E-state index contributed by atoms with van der Waals surface area (Å²) >= 11 is 0. The van der Waals surface area contributed by atoms with Crippen LogP contribution in [0.3, 0.4) is 0 Å². The molecule has 1 N–H and O–H groups in total. The molecule has 2 aromatic rings. The number of ether oxygens (including phenoxy) is 1. The zero-order valence-corrected chi connectivity index (χ0v) is 16.6. The van der Waals surface area contributed by atoms with Crippen molar-refractivity contribution in [3.63, 3.8) is 0 Å². The van der Waals surface area contributed by atoms with Crippen molar-refractivity contribution in [2.24, 2.45) is 0 Å². The van der Waals surface area contributed by atoms with E-state index in [1.807, 2.05) is 49.3 Å². The van der Waals surface area contributed by atoms with Gasteiger partial charge in [0.15, 0.2) is 0 Å². The Morgan fingerprint density at radius 3 is 2.15 bits per heavy atom. The smallest absolute Gasteiger partial charge is 0.240 e. The molecule has 2 aromatic carbocycles. The minimum atomic E-state index is -3.60. The fourth-order valence-electron chi connectivity index (χ4n) is 2.31. The van der Waals surface area contributed by atoms with E-state index < -0.39 is 10.0 Å². The zero-order chi connectivity index (χ0) is 19.9. The SMILES string of the molecule is CN(C)CCNC(=O)CN(c1ccc(Oc2ccccc2)cc1)S(C)(=O)=O. The lowest BCUT2D eigenvalue weighted by atomic mass is 10.3. The molecule has 146 valence electrons. The van der Waals surface area contributed by atoms with Crippen molar-refractivity contribution in [1.82, 2.24) is 10.2 Å². The van der Waals surface area contributed by atoms with Gasteiger partial charge in [0.2, 0.25) is 15.9 Å². The number of likely N-dealkylation sites (N-methyl/N-ethyl adjacent to an activating group) is 1. The lowest BCUT2D eigenvalue weighted by Crippen LogP contribution is -2.42. The lowest BCUT2D eigenvalue weighted by molar-refractivity contribution is -0.119. The van der Waals surface area contributed by atoms with Crippen LogP contribution in [-0.4, -0.2) is 59.2 Å². The van der Waals surface area contributed by atoms with Gasteiger partial charge in [0.05, 0.1) is 11.9 Å². The van der Waals surface area contributed by atoms with E-state index in [0.717, 1.165) is 10.6 Å². The first kappa shape index (κ1) is 20.7. The number of carbonyl (C=O) groups is 1. The maximum absolute atomic E-state index is 12.1. The van der Waals surface area contributed by atoms with Crippen LogP contribution in [0.2, 0.25) is 0 Å². The van der Waals surface area contributed by atoms with E-state index in [-0.39, 0.29) is 12.5 Å². The van der Waals surface area contributed by atoms with Gasteiger partial charge in [0, 0.05) is 13.1 Å². The van der Waals surface area contributed by atoms with E-state index in [9.17, 15) is 13.2 Å². The molecule has 27 heavy (non-hydrogen) atoms. The highest BCUT2D eigenvalue weighted by Gasteiger charge is 2.20. The Kier molecular flexibility index (Phi) is 7.20. The van der Waals surface area contributed by atoms with Gasteiger partial charge in [-0.3, -0.25) is 9.10 Å². The number of amides is 1. The van der Waals surface area contributed by atoms with Crippen LogP contribution in [0.1, 0.15) is 0 Å². The Balaban J connectivity index is 2.07. The molecular weight excluding hydrogens is 366 g/mol. The largest absolute Gasteiger partial charge is 0.457 e. The molecule has 0 bridgehead atoms. The number of rotatable bonds is 9. The fourth-order valence-corrected chi connectivity index (χ4v) is 3.17.